The molecule has 2 N–H and O–H groups in total. The Morgan fingerprint density at radius 1 is 1.11 bits per heavy atom. The van der Waals surface area contributed by atoms with Gasteiger partial charge in [-0.3, -0.25) is 15.0 Å². The van der Waals surface area contributed by atoms with Crippen LogP contribution in [-0.4, -0.2) is 24.0 Å². The van der Waals surface area contributed by atoms with E-state index in [0.717, 1.165) is 11.1 Å². The van der Waals surface area contributed by atoms with Gasteiger partial charge in [0.1, 0.15) is 5.57 Å². The second-order valence-corrected chi connectivity index (χ2v) is 7.64. The molecule has 27 heavy (non-hydrogen) atoms. The molecule has 0 aliphatic carbocycles. The summed E-state index contributed by atoms with van der Waals surface area (Å²) in [6.07, 6.45) is 1.45. The highest BCUT2D eigenvalue weighted by Gasteiger charge is 2.35. The molecule has 0 atom stereocenters. The van der Waals surface area contributed by atoms with Crippen molar-refractivity contribution in [3.63, 3.8) is 0 Å². The predicted octanol–water partition coefficient (Wildman–Crippen LogP) is 4.00. The minimum absolute atomic E-state index is 0.0198. The number of amides is 2. The molecule has 0 bridgehead atoms. The Morgan fingerprint density at radius 2 is 1.81 bits per heavy atom. The van der Waals surface area contributed by atoms with Gasteiger partial charge in [0.15, 0.2) is 11.5 Å². The molecule has 0 unspecified atom stereocenters. The number of aromatic hydroxyl groups is 1. The third-order valence-electron chi connectivity index (χ3n) is 4.33. The van der Waals surface area contributed by atoms with Gasteiger partial charge < -0.3 is 9.84 Å². The molecule has 0 radical (unpaired) electrons. The fourth-order valence-electron chi connectivity index (χ4n) is 2.63. The number of nitrogens with zero attached hydrogens (tertiary/aromatic N) is 1. The SMILES string of the molecule is COc1cc(C=C2C(=O)NN(c3ccc(C)c(C)c3)C2=O)c(Br)c(Br)c1O. The van der Waals surface area contributed by atoms with Gasteiger partial charge in [0.2, 0.25) is 0 Å². The second-order valence-electron chi connectivity index (χ2n) is 6.05. The van der Waals surface area contributed by atoms with Crippen LogP contribution < -0.4 is 15.2 Å². The van der Waals surface area contributed by atoms with Crippen molar-refractivity contribution in [3.8, 4) is 11.5 Å². The van der Waals surface area contributed by atoms with Gasteiger partial charge >= 0.3 is 0 Å². The second kappa shape index (κ2) is 7.36. The third kappa shape index (κ3) is 3.46. The minimum atomic E-state index is -0.506. The first-order valence-corrected chi connectivity index (χ1v) is 9.52. The zero-order valence-electron chi connectivity index (χ0n) is 14.8. The summed E-state index contributed by atoms with van der Waals surface area (Å²) in [6.45, 7) is 3.91. The summed E-state index contributed by atoms with van der Waals surface area (Å²) in [5.41, 5.74) is 5.77. The number of anilines is 1. The van der Waals surface area contributed by atoms with E-state index in [1.807, 2.05) is 26.0 Å². The molecule has 0 aromatic heterocycles. The molecule has 6 nitrogen and oxygen atoms in total. The Morgan fingerprint density at radius 3 is 2.44 bits per heavy atom. The van der Waals surface area contributed by atoms with Crippen LogP contribution >= 0.6 is 31.9 Å². The summed E-state index contributed by atoms with van der Waals surface area (Å²) in [4.78, 5) is 25.2. The van der Waals surface area contributed by atoms with Crippen LogP contribution in [0.25, 0.3) is 6.08 Å². The van der Waals surface area contributed by atoms with Crippen LogP contribution in [0.4, 0.5) is 5.69 Å². The Kier molecular flexibility index (Phi) is 5.30. The molecular weight excluding hydrogens is 480 g/mol. The van der Waals surface area contributed by atoms with Gasteiger partial charge in [0, 0.05) is 4.47 Å². The summed E-state index contributed by atoms with van der Waals surface area (Å²) in [7, 11) is 1.42. The molecule has 1 heterocycles. The van der Waals surface area contributed by atoms with Gasteiger partial charge in [-0.25, -0.2) is 5.01 Å². The number of carbonyl (C=O) groups excluding carboxylic acids is 2. The molecule has 8 heteroatoms. The van der Waals surface area contributed by atoms with E-state index in [4.69, 9.17) is 4.74 Å². The lowest BCUT2D eigenvalue weighted by atomic mass is 10.1. The number of phenolic OH excluding ortho intramolecular Hbond substituents is 1. The number of hydrogen-bond acceptors (Lipinski definition) is 4. The van der Waals surface area contributed by atoms with Crippen molar-refractivity contribution < 1.29 is 19.4 Å². The Bertz CT molecular complexity index is 1000. The molecular formula is C19H16Br2N2O4. The van der Waals surface area contributed by atoms with E-state index < -0.39 is 11.8 Å². The summed E-state index contributed by atoms with van der Waals surface area (Å²) in [5, 5.41) is 11.3. The Hall–Kier alpha value is -2.32. The summed E-state index contributed by atoms with van der Waals surface area (Å²) >= 11 is 6.62. The molecule has 1 aliphatic heterocycles. The predicted molar refractivity (Wildman–Crippen MR) is 110 cm³/mol. The highest BCUT2D eigenvalue weighted by molar-refractivity contribution is 9.13. The smallest absolute Gasteiger partial charge is 0.282 e. The number of nitrogens with one attached hydrogen (secondary N) is 1. The van der Waals surface area contributed by atoms with Crippen molar-refractivity contribution in [2.24, 2.45) is 0 Å². The zero-order valence-corrected chi connectivity index (χ0v) is 17.9. The van der Waals surface area contributed by atoms with Crippen LogP contribution in [0, 0.1) is 13.8 Å². The topological polar surface area (TPSA) is 78.9 Å². The average Bonchev–Trinajstić information content (AvgIpc) is 2.92. The molecule has 1 saturated heterocycles. The van der Waals surface area contributed by atoms with Gasteiger partial charge in [-0.15, -0.1) is 0 Å². The van der Waals surface area contributed by atoms with Crippen molar-refractivity contribution in [3.05, 3.63) is 55.5 Å². The maximum Gasteiger partial charge on any atom is 0.282 e. The van der Waals surface area contributed by atoms with Gasteiger partial charge in [0.25, 0.3) is 11.8 Å². The molecule has 0 spiro atoms. The summed E-state index contributed by atoms with van der Waals surface area (Å²) in [6, 6.07) is 7.05. The molecule has 2 aromatic carbocycles. The van der Waals surface area contributed by atoms with Crippen LogP contribution in [0.5, 0.6) is 11.5 Å². The molecule has 0 saturated carbocycles. The standard InChI is InChI=1S/C19H16Br2N2O4/c1-9-4-5-12(6-10(9)2)23-19(26)13(18(25)22-23)7-11-8-14(27-3)17(24)16(21)15(11)20/h4-8,24H,1-3H3,(H,22,25). The van der Waals surface area contributed by atoms with Gasteiger partial charge in [-0.2, -0.15) is 0 Å². The van der Waals surface area contributed by atoms with Gasteiger partial charge in [-0.05, 0) is 86.7 Å². The number of benzene rings is 2. The normalized spacial score (nSPS) is 15.4. The molecule has 1 fully saturated rings. The van der Waals surface area contributed by atoms with E-state index in [9.17, 15) is 14.7 Å². The molecule has 1 aliphatic rings. The van der Waals surface area contributed by atoms with Crippen molar-refractivity contribution in [1.29, 1.82) is 0 Å². The highest BCUT2D eigenvalue weighted by atomic mass is 79.9. The first kappa shape index (κ1) is 19.4. The Balaban J connectivity index is 2.03. The lowest BCUT2D eigenvalue weighted by molar-refractivity contribution is -0.117. The number of carbonyl (C=O) groups is 2. The van der Waals surface area contributed by atoms with Crippen molar-refractivity contribution in [2.45, 2.75) is 13.8 Å². The molecule has 3 rings (SSSR count). The third-order valence-corrected chi connectivity index (χ3v) is 6.49. The maximum absolute atomic E-state index is 12.8. The molecule has 2 aromatic rings. The maximum atomic E-state index is 12.8. The number of rotatable bonds is 3. The number of ether oxygens (including phenoxy) is 1. The number of hydrogen-bond donors (Lipinski definition) is 2. The van der Waals surface area contributed by atoms with Crippen LogP contribution in [-0.2, 0) is 9.59 Å². The highest BCUT2D eigenvalue weighted by Crippen LogP contribution is 2.42. The van der Waals surface area contributed by atoms with Crippen LogP contribution in [0.15, 0.2) is 38.8 Å². The van der Waals surface area contributed by atoms with E-state index in [2.05, 4.69) is 37.3 Å². The molecule has 2 amide bonds. The molecule has 140 valence electrons. The number of phenols is 1. The van der Waals surface area contributed by atoms with E-state index >= 15 is 0 Å². The first-order valence-electron chi connectivity index (χ1n) is 7.94. The van der Waals surface area contributed by atoms with E-state index in [-0.39, 0.29) is 17.1 Å². The van der Waals surface area contributed by atoms with Crippen LogP contribution in [0.1, 0.15) is 16.7 Å². The largest absolute Gasteiger partial charge is 0.503 e. The lowest BCUT2D eigenvalue weighted by Crippen LogP contribution is -2.35. The number of halogens is 2. The van der Waals surface area contributed by atoms with Gasteiger partial charge in [0.05, 0.1) is 17.3 Å². The van der Waals surface area contributed by atoms with Crippen LogP contribution in [0.3, 0.4) is 0 Å². The monoisotopic (exact) mass is 494 g/mol. The van der Waals surface area contributed by atoms with E-state index in [0.29, 0.717) is 20.2 Å². The van der Waals surface area contributed by atoms with Crippen molar-refractivity contribution in [1.82, 2.24) is 5.43 Å². The summed E-state index contributed by atoms with van der Waals surface area (Å²) in [5.74, 6) is -0.828. The number of methoxy groups -OCH3 is 1. The fraction of sp³-hybridized carbons (Fsp3) is 0.158. The van der Waals surface area contributed by atoms with Crippen molar-refractivity contribution >= 4 is 55.4 Å². The quantitative estimate of drug-likeness (QED) is 0.498. The van der Waals surface area contributed by atoms with E-state index in [1.54, 1.807) is 6.07 Å². The van der Waals surface area contributed by atoms with Crippen LogP contribution in [0.2, 0.25) is 0 Å². The lowest BCUT2D eigenvalue weighted by Gasteiger charge is -2.16. The number of hydrazine groups is 1. The zero-order chi connectivity index (χ0) is 19.9. The minimum Gasteiger partial charge on any atom is -0.503 e. The van der Waals surface area contributed by atoms with Gasteiger partial charge in [-0.1, -0.05) is 6.07 Å². The average molecular weight is 496 g/mol. The first-order chi connectivity index (χ1) is 12.7. The Labute approximate surface area is 173 Å². The summed E-state index contributed by atoms with van der Waals surface area (Å²) < 4.78 is 5.99. The van der Waals surface area contributed by atoms with E-state index in [1.165, 1.54) is 24.3 Å². The fourth-order valence-corrected chi connectivity index (χ4v) is 3.47. The van der Waals surface area contributed by atoms with Crippen molar-refractivity contribution in [2.75, 3.05) is 12.1 Å². The number of aryl methyl sites for hydroxylation is 2.